The van der Waals surface area contributed by atoms with Crippen LogP contribution in [-0.2, 0) is 46.6 Å². The number of nitrogens with zero attached hydrogens (tertiary/aromatic N) is 2. The average Bonchev–Trinajstić information content (AvgIpc) is 2.30. The molecule has 0 saturated carbocycles. The Morgan fingerprint density at radius 2 is 0.595 bits per heavy atom. The van der Waals surface area contributed by atoms with Crippen molar-refractivity contribution in [2.75, 3.05) is 39.3 Å². The first kappa shape index (κ1) is 90.7. The molecule has 37 heavy (non-hydrogen) atoms. The number of hydrogen-bond acceptors (Lipinski definition) is 8. The van der Waals surface area contributed by atoms with Gasteiger partial charge in [0.25, 0.3) is 0 Å². The normalized spacial score (nSPS) is 7.35. The van der Waals surface area contributed by atoms with Crippen LogP contribution in [0.1, 0.15) is 0 Å². The average molecular weight is 656 g/mol. The molecule has 0 saturated heterocycles. The van der Waals surface area contributed by atoms with Crippen LogP contribution in [0, 0.1) is 0 Å². The molecule has 0 aromatic carbocycles. The zero-order chi connectivity index (χ0) is 20.2. The van der Waals surface area contributed by atoms with Crippen LogP contribution in [0.25, 0.3) is 0 Å². The molecule has 0 heterocycles. The van der Waals surface area contributed by atoms with Crippen LogP contribution in [0.4, 0.5) is 0 Å². The van der Waals surface area contributed by atoms with Gasteiger partial charge in [0.15, 0.2) is 0 Å². The Bertz CT molecular complexity index is 524. The number of carboxylic acid groups (broad SMARTS) is 4. The molecule has 0 aliphatic heterocycles. The van der Waals surface area contributed by atoms with Gasteiger partial charge in [-0.05, 0) is 0 Å². The van der Waals surface area contributed by atoms with E-state index in [4.69, 9.17) is 37.9 Å². The van der Waals surface area contributed by atoms with E-state index in [1.807, 2.05) is 0 Å². The molecule has 0 spiro atoms. The van der Waals surface area contributed by atoms with Crippen LogP contribution in [0.5, 0.6) is 0 Å². The predicted octanol–water partition coefficient (Wildman–Crippen LogP) is -11.4. The van der Waals surface area contributed by atoms with Crippen molar-refractivity contribution in [1.82, 2.24) is 9.80 Å². The molecule has 0 rings (SSSR count). The second-order valence-corrected chi connectivity index (χ2v) is 5.34. The molecule has 0 aromatic rings. The minimum atomic E-state index is -4.67. The summed E-state index contributed by atoms with van der Waals surface area (Å²) in [6.45, 7) is -2.25. The molecular weight excluding hydrogens is 618 g/mol. The number of hydrogen-bond donors (Lipinski definition) is 6. The Morgan fingerprint density at radius 3 is 0.676 bits per heavy atom. The Kier molecular flexibility index (Phi) is 120. The third-order valence-corrected chi connectivity index (χ3v) is 2.17. The van der Waals surface area contributed by atoms with Gasteiger partial charge in [0.1, 0.15) is 0 Å². The van der Waals surface area contributed by atoms with Crippen LogP contribution in [-0.4, -0.2) is 219 Å². The Labute approximate surface area is 264 Å². The fourth-order valence-electron chi connectivity index (χ4n) is 1.48. The van der Waals surface area contributed by atoms with E-state index in [2.05, 4.69) is 0 Å². The summed E-state index contributed by atoms with van der Waals surface area (Å²) in [6, 6.07) is 0. The maximum atomic E-state index is 10.6. The zero-order valence-corrected chi connectivity index (χ0v) is 19.5. The van der Waals surface area contributed by atoms with Gasteiger partial charge in [-0.2, -0.15) is 8.42 Å². The van der Waals surface area contributed by atoms with E-state index in [0.29, 0.717) is 0 Å². The first-order valence-electron chi connectivity index (χ1n) is 6.22. The summed E-state index contributed by atoms with van der Waals surface area (Å²) in [6.07, 6.45) is 0. The summed E-state index contributed by atoms with van der Waals surface area (Å²) in [5.74, 6) is -4.91. The Balaban J connectivity index is -0.0000000238. The fourth-order valence-corrected chi connectivity index (χ4v) is 1.48. The van der Waals surface area contributed by atoms with Gasteiger partial charge in [0.05, 0.1) is 26.2 Å². The molecule has 0 fully saturated rings. The van der Waals surface area contributed by atoms with Gasteiger partial charge in [0, 0.05) is 30.2 Å². The van der Waals surface area contributed by atoms with Crippen molar-refractivity contribution in [1.29, 1.82) is 0 Å². The maximum absolute atomic E-state index is 10.6. The fraction of sp³-hybridized carbons (Fsp3) is 0.600. The second-order valence-electron chi connectivity index (χ2n) is 4.44. The topological polar surface area (TPSA) is 514 Å². The van der Waals surface area contributed by atoms with Gasteiger partial charge in [-0.15, -0.1) is 0 Å². The summed E-state index contributed by atoms with van der Waals surface area (Å²) >= 11 is 0. The van der Waals surface area contributed by atoms with E-state index < -0.39 is 60.5 Å². The molecule has 0 aromatic heterocycles. The van der Waals surface area contributed by atoms with Gasteiger partial charge in [-0.25, -0.2) is 0 Å². The van der Waals surface area contributed by atoms with Crippen molar-refractivity contribution in [3.63, 3.8) is 0 Å². The van der Waals surface area contributed by atoms with Crippen molar-refractivity contribution in [2.45, 2.75) is 0 Å². The summed E-state index contributed by atoms with van der Waals surface area (Å²) in [5.41, 5.74) is 0. The summed E-state index contributed by atoms with van der Waals surface area (Å²) in [7, 11) is -4.67. The molecule has 0 aliphatic carbocycles. The molecule has 24 N–H and O–H groups in total. The number of carbonyl (C=O) groups is 4. The minimum absolute atomic E-state index is 0. The van der Waals surface area contributed by atoms with E-state index in [1.54, 1.807) is 0 Å². The third kappa shape index (κ3) is 94.5. The van der Waals surface area contributed by atoms with E-state index >= 15 is 0 Å². The van der Waals surface area contributed by atoms with Crippen LogP contribution in [0.15, 0.2) is 0 Å². The van der Waals surface area contributed by atoms with Gasteiger partial charge in [-0.3, -0.25) is 38.1 Å². The molecule has 0 bridgehead atoms. The van der Waals surface area contributed by atoms with Crippen LogP contribution in [0.2, 0.25) is 0 Å². The standard InChI is InChI=1S/C10H16N2O8.Fe.2Na.H2O4S.9H2O.2H/c13-7(14)3-11(4-8(15)16)1-2-12(5-9(17)18)6-10(19)20;;;;1-5(2,3)4;;;;;;;;;;;/h1-6H2,(H,13,14)(H,15,16)(H,17,18)(H,19,20);;;;(H2,1,2,3,4);9*1H2;;. The van der Waals surface area contributed by atoms with E-state index in [1.165, 1.54) is 0 Å². The van der Waals surface area contributed by atoms with E-state index in [0.717, 1.165) is 9.80 Å². The second kappa shape index (κ2) is 48.8. The molecule has 0 atom stereocenters. The molecule has 0 unspecified atom stereocenters. The summed E-state index contributed by atoms with van der Waals surface area (Å²) in [4.78, 5) is 44.4. The molecule has 23 nitrogen and oxygen atoms in total. The van der Waals surface area contributed by atoms with Crippen LogP contribution >= 0.6 is 0 Å². The van der Waals surface area contributed by atoms with E-state index in [-0.39, 0.29) is 139 Å². The Hall–Kier alpha value is -0.171. The number of aliphatic carboxylic acids is 4. The van der Waals surface area contributed by atoms with Gasteiger partial charge < -0.3 is 69.7 Å². The van der Waals surface area contributed by atoms with E-state index in [9.17, 15) is 19.2 Å². The van der Waals surface area contributed by atoms with Crippen LogP contribution in [0.3, 0.4) is 0 Å². The third-order valence-electron chi connectivity index (χ3n) is 2.17. The monoisotopic (exact) mass is 656 g/mol. The molecular formula is C10H38FeN2Na2O21S. The first-order valence-corrected chi connectivity index (χ1v) is 7.62. The van der Waals surface area contributed by atoms with Crippen molar-refractivity contribution >= 4 is 93.4 Å². The zero-order valence-electron chi connectivity index (χ0n) is 17.5. The molecule has 230 valence electrons. The molecule has 27 heteroatoms. The first-order chi connectivity index (χ1) is 11.2. The predicted molar refractivity (Wildman–Crippen MR) is 124 cm³/mol. The molecule has 0 radical (unpaired) electrons. The van der Waals surface area contributed by atoms with Crippen molar-refractivity contribution in [3.8, 4) is 0 Å². The quantitative estimate of drug-likeness (QED) is 0.0888. The van der Waals surface area contributed by atoms with Crippen molar-refractivity contribution in [2.24, 2.45) is 0 Å². The summed E-state index contributed by atoms with van der Waals surface area (Å²) in [5, 5.41) is 34.5. The van der Waals surface area contributed by atoms with Gasteiger partial charge in [-0.1, -0.05) is 0 Å². The van der Waals surface area contributed by atoms with Crippen molar-refractivity contribution < 1.29 is 123 Å². The van der Waals surface area contributed by atoms with Gasteiger partial charge in [0.2, 0.25) is 0 Å². The SMILES string of the molecule is O.O.O.O.O.O.O.O.O.O=C(O)CN(CCN(CC(=O)O)CC(=O)O)CC(=O)O.O=S(=O)(O)O.[Fe].[NaH].[NaH]. The van der Waals surface area contributed by atoms with Crippen molar-refractivity contribution in [3.05, 3.63) is 0 Å². The molecule has 0 aliphatic rings. The number of rotatable bonds is 11. The summed E-state index contributed by atoms with van der Waals surface area (Å²) < 4.78 is 31.6. The Morgan fingerprint density at radius 1 is 0.486 bits per heavy atom. The van der Waals surface area contributed by atoms with Gasteiger partial charge >= 0.3 is 93.4 Å². The molecule has 0 amide bonds. The van der Waals surface area contributed by atoms with Crippen LogP contribution < -0.4 is 0 Å². The number of carboxylic acids is 4.